The lowest BCUT2D eigenvalue weighted by Crippen LogP contribution is -2.41. The normalized spacial score (nSPS) is 22.4. The van der Waals surface area contributed by atoms with Crippen molar-refractivity contribution >= 4 is 11.6 Å². The summed E-state index contributed by atoms with van der Waals surface area (Å²) in [6.07, 6.45) is 5.73. The Kier molecular flexibility index (Phi) is 5.83. The first-order valence-electron chi connectivity index (χ1n) is 8.52. The summed E-state index contributed by atoms with van der Waals surface area (Å²) in [5.74, 6) is 3.80. The quantitative estimate of drug-likeness (QED) is 0.863. The summed E-state index contributed by atoms with van der Waals surface area (Å²) < 4.78 is 0. The van der Waals surface area contributed by atoms with Gasteiger partial charge in [0.05, 0.1) is 0 Å². The van der Waals surface area contributed by atoms with Crippen LogP contribution >= 0.6 is 0 Å². The molecule has 118 valence electrons. The fourth-order valence-corrected chi connectivity index (χ4v) is 2.92. The van der Waals surface area contributed by atoms with Crippen LogP contribution in [0.15, 0.2) is 6.07 Å². The Morgan fingerprint density at radius 1 is 1.19 bits per heavy atom. The number of aryl methyl sites for hydroxylation is 1. The van der Waals surface area contributed by atoms with E-state index in [4.69, 9.17) is 4.98 Å². The molecule has 0 bridgehead atoms. The molecule has 0 spiro atoms. The van der Waals surface area contributed by atoms with E-state index in [-0.39, 0.29) is 0 Å². The molecule has 1 N–H and O–H groups in total. The highest BCUT2D eigenvalue weighted by Crippen LogP contribution is 2.27. The molecule has 4 heteroatoms. The summed E-state index contributed by atoms with van der Waals surface area (Å²) >= 11 is 0. The van der Waals surface area contributed by atoms with Crippen molar-refractivity contribution in [2.45, 2.75) is 65.8 Å². The van der Waals surface area contributed by atoms with E-state index in [0.29, 0.717) is 6.04 Å². The van der Waals surface area contributed by atoms with Crippen LogP contribution in [0.4, 0.5) is 11.6 Å². The predicted molar refractivity (Wildman–Crippen MR) is 90.0 cm³/mol. The van der Waals surface area contributed by atoms with Gasteiger partial charge in [-0.3, -0.25) is 0 Å². The maximum absolute atomic E-state index is 4.81. The van der Waals surface area contributed by atoms with Gasteiger partial charge in [0.25, 0.3) is 0 Å². The third-order valence-corrected chi connectivity index (χ3v) is 4.20. The maximum Gasteiger partial charge on any atom is 0.134 e. The summed E-state index contributed by atoms with van der Waals surface area (Å²) in [6.45, 7) is 11.1. The monoisotopic (exact) mass is 290 g/mol. The summed E-state index contributed by atoms with van der Waals surface area (Å²) in [5, 5.41) is 3.42. The lowest BCUT2D eigenvalue weighted by Gasteiger charge is -2.38. The molecule has 0 radical (unpaired) electrons. The topological polar surface area (TPSA) is 41.0 Å². The van der Waals surface area contributed by atoms with E-state index in [1.807, 2.05) is 0 Å². The second-order valence-corrected chi connectivity index (χ2v) is 6.39. The molecule has 2 unspecified atom stereocenters. The molecular weight excluding hydrogens is 260 g/mol. The van der Waals surface area contributed by atoms with E-state index in [1.54, 1.807) is 0 Å². The van der Waals surface area contributed by atoms with E-state index in [9.17, 15) is 0 Å². The van der Waals surface area contributed by atoms with Crippen LogP contribution in [0.5, 0.6) is 0 Å². The number of piperidine rings is 1. The molecule has 2 rings (SSSR count). The Bertz CT molecular complexity index is 446. The zero-order valence-electron chi connectivity index (χ0n) is 14.0. The molecule has 1 fully saturated rings. The van der Waals surface area contributed by atoms with Crippen molar-refractivity contribution in [1.82, 2.24) is 9.97 Å². The van der Waals surface area contributed by atoms with Crippen LogP contribution in [0, 0.1) is 5.92 Å². The first-order chi connectivity index (χ1) is 10.1. The predicted octanol–water partition coefficient (Wildman–Crippen LogP) is 3.88. The van der Waals surface area contributed by atoms with Crippen molar-refractivity contribution in [3.8, 4) is 0 Å². The maximum atomic E-state index is 4.81. The lowest BCUT2D eigenvalue weighted by atomic mass is 9.95. The molecule has 2 atom stereocenters. The molecule has 0 amide bonds. The molecular formula is C17H30N4. The minimum absolute atomic E-state index is 0.574. The average Bonchev–Trinajstić information content (AvgIpc) is 2.48. The molecule has 0 aliphatic carbocycles. The van der Waals surface area contributed by atoms with Gasteiger partial charge in [-0.25, -0.2) is 9.97 Å². The van der Waals surface area contributed by atoms with Gasteiger partial charge in [-0.05, 0) is 38.5 Å². The van der Waals surface area contributed by atoms with E-state index >= 15 is 0 Å². The Morgan fingerprint density at radius 2 is 2.00 bits per heavy atom. The molecule has 1 aliphatic rings. The lowest BCUT2D eigenvalue weighted by molar-refractivity contribution is 0.388. The van der Waals surface area contributed by atoms with Crippen molar-refractivity contribution in [3.05, 3.63) is 11.9 Å². The molecule has 0 saturated carbocycles. The summed E-state index contributed by atoms with van der Waals surface area (Å²) in [4.78, 5) is 11.9. The molecule has 0 aromatic carbocycles. The smallest absolute Gasteiger partial charge is 0.134 e. The molecule has 1 aromatic rings. The van der Waals surface area contributed by atoms with E-state index in [0.717, 1.165) is 55.7 Å². The highest BCUT2D eigenvalue weighted by molar-refractivity contribution is 5.50. The van der Waals surface area contributed by atoms with Gasteiger partial charge in [-0.1, -0.05) is 20.8 Å². The first kappa shape index (κ1) is 16.1. The Hall–Kier alpha value is -1.32. The van der Waals surface area contributed by atoms with Crippen LogP contribution in [0.3, 0.4) is 0 Å². The summed E-state index contributed by atoms with van der Waals surface area (Å²) in [5.41, 5.74) is 0. The third-order valence-electron chi connectivity index (χ3n) is 4.20. The van der Waals surface area contributed by atoms with Gasteiger partial charge >= 0.3 is 0 Å². The molecule has 4 nitrogen and oxygen atoms in total. The average molecular weight is 290 g/mol. The number of hydrogen-bond acceptors (Lipinski definition) is 4. The highest BCUT2D eigenvalue weighted by atomic mass is 15.2. The van der Waals surface area contributed by atoms with Gasteiger partial charge in [0, 0.05) is 31.6 Å². The van der Waals surface area contributed by atoms with Crippen molar-refractivity contribution in [3.63, 3.8) is 0 Å². The number of nitrogens with zero attached hydrogens (tertiary/aromatic N) is 3. The number of aromatic nitrogens is 2. The van der Waals surface area contributed by atoms with Crippen molar-refractivity contribution in [2.24, 2.45) is 5.92 Å². The number of nitrogens with one attached hydrogen (secondary N) is 1. The summed E-state index contributed by atoms with van der Waals surface area (Å²) in [6, 6.07) is 2.70. The molecule has 1 saturated heterocycles. The second-order valence-electron chi connectivity index (χ2n) is 6.39. The fourth-order valence-electron chi connectivity index (χ4n) is 2.92. The van der Waals surface area contributed by atoms with Crippen LogP contribution in [-0.4, -0.2) is 29.1 Å². The number of hydrogen-bond donors (Lipinski definition) is 1. The Balaban J connectivity index is 2.25. The van der Waals surface area contributed by atoms with E-state index < -0.39 is 0 Å². The van der Waals surface area contributed by atoms with Crippen LogP contribution < -0.4 is 10.2 Å². The van der Waals surface area contributed by atoms with Crippen molar-refractivity contribution < 1.29 is 0 Å². The SMILES string of the molecule is CCCNc1cc(N2CC(C)CCC2C)nc(CCC)n1. The van der Waals surface area contributed by atoms with Crippen LogP contribution in [0.2, 0.25) is 0 Å². The zero-order valence-corrected chi connectivity index (χ0v) is 14.0. The van der Waals surface area contributed by atoms with E-state index in [1.165, 1.54) is 12.8 Å². The van der Waals surface area contributed by atoms with Gasteiger partial charge in [-0.2, -0.15) is 0 Å². The molecule has 1 aliphatic heterocycles. The molecule has 21 heavy (non-hydrogen) atoms. The van der Waals surface area contributed by atoms with Gasteiger partial charge in [0.15, 0.2) is 0 Å². The molecule has 1 aromatic heterocycles. The van der Waals surface area contributed by atoms with Crippen LogP contribution in [0.1, 0.15) is 59.2 Å². The fraction of sp³-hybridized carbons (Fsp3) is 0.765. The zero-order chi connectivity index (χ0) is 15.2. The van der Waals surface area contributed by atoms with Gasteiger partial charge in [-0.15, -0.1) is 0 Å². The van der Waals surface area contributed by atoms with Crippen LogP contribution in [-0.2, 0) is 6.42 Å². The van der Waals surface area contributed by atoms with E-state index in [2.05, 4.69) is 49.0 Å². The minimum atomic E-state index is 0.574. The standard InChI is InChI=1S/C17H30N4/c1-5-7-15-19-16(18-10-6-2)11-17(20-15)21-12-13(3)8-9-14(21)4/h11,13-14H,5-10,12H2,1-4H3,(H,18,19,20). The van der Waals surface area contributed by atoms with Gasteiger partial charge in [0.1, 0.15) is 17.5 Å². The largest absolute Gasteiger partial charge is 0.370 e. The highest BCUT2D eigenvalue weighted by Gasteiger charge is 2.24. The third kappa shape index (κ3) is 4.32. The Labute approximate surface area is 129 Å². The van der Waals surface area contributed by atoms with Crippen molar-refractivity contribution in [2.75, 3.05) is 23.3 Å². The van der Waals surface area contributed by atoms with Crippen LogP contribution in [0.25, 0.3) is 0 Å². The Morgan fingerprint density at radius 3 is 2.71 bits per heavy atom. The first-order valence-corrected chi connectivity index (χ1v) is 8.52. The van der Waals surface area contributed by atoms with Gasteiger partial charge < -0.3 is 10.2 Å². The second kappa shape index (κ2) is 7.62. The van der Waals surface area contributed by atoms with Gasteiger partial charge in [0.2, 0.25) is 0 Å². The summed E-state index contributed by atoms with van der Waals surface area (Å²) in [7, 11) is 0. The number of rotatable bonds is 6. The molecule has 2 heterocycles. The minimum Gasteiger partial charge on any atom is -0.370 e. The van der Waals surface area contributed by atoms with Crippen molar-refractivity contribution in [1.29, 1.82) is 0 Å². The number of anilines is 2.